The van der Waals surface area contributed by atoms with E-state index in [1.807, 2.05) is 6.26 Å². The fraction of sp³-hybridized carbons (Fsp3) is 0. The summed E-state index contributed by atoms with van der Waals surface area (Å²) in [6.45, 7) is 0. The lowest BCUT2D eigenvalue weighted by Gasteiger charge is -2.28. The van der Waals surface area contributed by atoms with Crippen molar-refractivity contribution in [2.24, 2.45) is 0 Å². The predicted molar refractivity (Wildman–Crippen MR) is 297 cm³/mol. The van der Waals surface area contributed by atoms with Crippen molar-refractivity contribution < 1.29 is 4.42 Å². The molecule has 3 heterocycles. The SMILES string of the molecule is c1ccc(N(c2ccc3c(c2)c2ccccc2n3-c2ccccc2)c2ccc(-c3ccc(N(c4ccccc4)c4ccc5c(c4)c4ccccc4n5-c4ccccc4)c4occc34)c3ccccc23)cc1. The van der Waals surface area contributed by atoms with E-state index in [9.17, 15) is 0 Å². The Morgan fingerprint density at radius 2 is 0.676 bits per heavy atom. The van der Waals surface area contributed by atoms with E-state index >= 15 is 0 Å². The number of aromatic nitrogens is 2. The van der Waals surface area contributed by atoms with Crippen LogP contribution in [-0.4, -0.2) is 9.13 Å². The number of fused-ring (bicyclic) bond motifs is 8. The van der Waals surface area contributed by atoms with Gasteiger partial charge >= 0.3 is 0 Å². The van der Waals surface area contributed by atoms with Crippen LogP contribution in [0, 0.1) is 0 Å². The maximum atomic E-state index is 6.58. The molecule has 0 saturated carbocycles. The number of hydrogen-bond acceptors (Lipinski definition) is 3. The largest absolute Gasteiger partial charge is 0.462 e. The van der Waals surface area contributed by atoms with Gasteiger partial charge in [0.05, 0.1) is 39.7 Å². The quantitative estimate of drug-likeness (QED) is 0.145. The number of rotatable bonds is 9. The molecule has 0 spiro atoms. The van der Waals surface area contributed by atoms with Crippen molar-refractivity contribution in [3.63, 3.8) is 0 Å². The van der Waals surface area contributed by atoms with Gasteiger partial charge in [-0.2, -0.15) is 0 Å². The summed E-state index contributed by atoms with van der Waals surface area (Å²) >= 11 is 0. The van der Waals surface area contributed by atoms with Crippen LogP contribution in [0.2, 0.25) is 0 Å². The van der Waals surface area contributed by atoms with Crippen molar-refractivity contribution >= 4 is 99.5 Å². The summed E-state index contributed by atoms with van der Waals surface area (Å²) in [5.41, 5.74) is 16.4. The van der Waals surface area contributed by atoms with E-state index < -0.39 is 0 Å². The minimum Gasteiger partial charge on any atom is -0.462 e. The van der Waals surface area contributed by atoms with Crippen LogP contribution >= 0.6 is 0 Å². The van der Waals surface area contributed by atoms with Crippen LogP contribution in [0.25, 0.3) is 87.9 Å². The minimum atomic E-state index is 0.820. The highest BCUT2D eigenvalue weighted by Gasteiger charge is 2.24. The molecule has 0 aliphatic carbocycles. The van der Waals surface area contributed by atoms with Gasteiger partial charge in [0.1, 0.15) is 0 Å². The maximum Gasteiger partial charge on any atom is 0.158 e. The summed E-state index contributed by atoms with van der Waals surface area (Å²) in [5.74, 6) is 0. The molecule has 0 fully saturated rings. The molecule has 0 unspecified atom stereocenters. The molecule has 0 aliphatic heterocycles. The van der Waals surface area contributed by atoms with E-state index in [2.05, 4.69) is 280 Å². The Labute approximate surface area is 410 Å². The maximum absolute atomic E-state index is 6.58. The lowest BCUT2D eigenvalue weighted by molar-refractivity contribution is 0.616. The molecule has 0 radical (unpaired) electrons. The zero-order valence-electron chi connectivity index (χ0n) is 38.6. The molecule has 14 rings (SSSR count). The Bertz CT molecular complexity index is 4290. The molecule has 5 nitrogen and oxygen atoms in total. The Morgan fingerprint density at radius 3 is 1.21 bits per heavy atom. The molecular formula is C66H44N4O. The topological polar surface area (TPSA) is 29.5 Å². The van der Waals surface area contributed by atoms with Gasteiger partial charge in [0, 0.05) is 66.4 Å². The average Bonchev–Trinajstić information content (AvgIpc) is 4.16. The van der Waals surface area contributed by atoms with Gasteiger partial charge in [0.15, 0.2) is 5.58 Å². The summed E-state index contributed by atoms with van der Waals surface area (Å²) in [6, 6.07) is 93.8. The molecule has 0 N–H and O–H groups in total. The number of furan rings is 1. The monoisotopic (exact) mass is 908 g/mol. The van der Waals surface area contributed by atoms with Gasteiger partial charge in [-0.3, -0.25) is 0 Å². The molecule has 334 valence electrons. The molecule has 5 heteroatoms. The van der Waals surface area contributed by atoms with Crippen molar-refractivity contribution in [1.29, 1.82) is 0 Å². The third-order valence-corrected chi connectivity index (χ3v) is 14.2. The average molecular weight is 909 g/mol. The molecule has 0 atom stereocenters. The van der Waals surface area contributed by atoms with E-state index in [4.69, 9.17) is 4.42 Å². The van der Waals surface area contributed by atoms with E-state index in [0.717, 1.165) is 83.9 Å². The van der Waals surface area contributed by atoms with Crippen LogP contribution in [0.15, 0.2) is 272 Å². The molecule has 0 saturated heterocycles. The number of benzene rings is 11. The third kappa shape index (κ3) is 6.55. The Hall–Kier alpha value is -9.58. The second-order valence-corrected chi connectivity index (χ2v) is 18.1. The number of para-hydroxylation sites is 6. The van der Waals surface area contributed by atoms with Crippen LogP contribution in [0.4, 0.5) is 34.1 Å². The van der Waals surface area contributed by atoms with Crippen LogP contribution in [0.3, 0.4) is 0 Å². The van der Waals surface area contributed by atoms with Gasteiger partial charge in [0.25, 0.3) is 0 Å². The van der Waals surface area contributed by atoms with Gasteiger partial charge in [-0.15, -0.1) is 0 Å². The second kappa shape index (κ2) is 16.6. The lowest BCUT2D eigenvalue weighted by atomic mass is 9.93. The van der Waals surface area contributed by atoms with Crippen molar-refractivity contribution in [2.75, 3.05) is 9.80 Å². The minimum absolute atomic E-state index is 0.820. The van der Waals surface area contributed by atoms with Gasteiger partial charge < -0.3 is 23.4 Å². The summed E-state index contributed by atoms with van der Waals surface area (Å²) in [5, 5.41) is 8.16. The van der Waals surface area contributed by atoms with Gasteiger partial charge in [-0.25, -0.2) is 0 Å². The zero-order chi connectivity index (χ0) is 46.8. The molecule has 71 heavy (non-hydrogen) atoms. The van der Waals surface area contributed by atoms with E-state index in [1.165, 1.54) is 38.1 Å². The van der Waals surface area contributed by atoms with E-state index in [0.29, 0.717) is 0 Å². The van der Waals surface area contributed by atoms with Crippen LogP contribution in [0.5, 0.6) is 0 Å². The Balaban J connectivity index is 0.919. The predicted octanol–water partition coefficient (Wildman–Crippen LogP) is 18.4. The number of nitrogens with zero attached hydrogens (tertiary/aromatic N) is 4. The molecule has 0 aliphatic rings. The van der Waals surface area contributed by atoms with Crippen molar-refractivity contribution in [3.8, 4) is 22.5 Å². The first-order chi connectivity index (χ1) is 35.3. The van der Waals surface area contributed by atoms with Gasteiger partial charge in [0.2, 0.25) is 0 Å². The highest BCUT2D eigenvalue weighted by atomic mass is 16.3. The van der Waals surface area contributed by atoms with Crippen molar-refractivity contribution in [3.05, 3.63) is 267 Å². The molecule has 3 aromatic heterocycles. The van der Waals surface area contributed by atoms with Crippen molar-refractivity contribution in [2.45, 2.75) is 0 Å². The van der Waals surface area contributed by atoms with Crippen LogP contribution < -0.4 is 9.80 Å². The lowest BCUT2D eigenvalue weighted by Crippen LogP contribution is -2.11. The smallest absolute Gasteiger partial charge is 0.158 e. The Morgan fingerprint density at radius 1 is 0.268 bits per heavy atom. The molecule has 14 aromatic rings. The molecule has 0 amide bonds. The van der Waals surface area contributed by atoms with E-state index in [-0.39, 0.29) is 0 Å². The fourth-order valence-electron chi connectivity index (χ4n) is 11.1. The number of hydrogen-bond donors (Lipinski definition) is 0. The first-order valence-electron chi connectivity index (χ1n) is 24.2. The summed E-state index contributed by atoms with van der Waals surface area (Å²) in [7, 11) is 0. The molecule has 0 bridgehead atoms. The van der Waals surface area contributed by atoms with Gasteiger partial charge in [-0.1, -0.05) is 146 Å². The first kappa shape index (κ1) is 40.5. The fourth-order valence-corrected chi connectivity index (χ4v) is 11.1. The number of anilines is 6. The Kier molecular flexibility index (Phi) is 9.46. The van der Waals surface area contributed by atoms with Crippen LogP contribution in [0.1, 0.15) is 0 Å². The van der Waals surface area contributed by atoms with Gasteiger partial charge in [-0.05, 0) is 132 Å². The molecule has 11 aromatic carbocycles. The highest BCUT2D eigenvalue weighted by molar-refractivity contribution is 6.15. The zero-order valence-corrected chi connectivity index (χ0v) is 38.6. The second-order valence-electron chi connectivity index (χ2n) is 18.1. The summed E-state index contributed by atoms with van der Waals surface area (Å²) in [6.07, 6.45) is 1.83. The molecular weight excluding hydrogens is 865 g/mol. The standard InChI is InChI=1S/C66H44N4O/c1-5-19-45(20-6-1)67(49-33-37-63-58(43-49)55-29-15-17-31-60(55)69(63)47-23-9-3-10-24-47)62-39-35-52(51-27-13-14-28-54(51)62)53-36-40-65(66-57(53)41-42-71-66)68(46-21-7-2-8-22-46)50-34-38-64-59(44-50)56-30-16-18-32-61(56)70(64)48-25-11-4-12-26-48/h1-44H. The summed E-state index contributed by atoms with van der Waals surface area (Å²) < 4.78 is 11.3. The van der Waals surface area contributed by atoms with E-state index in [1.54, 1.807) is 0 Å². The van der Waals surface area contributed by atoms with Crippen molar-refractivity contribution in [1.82, 2.24) is 9.13 Å². The first-order valence-corrected chi connectivity index (χ1v) is 24.2. The van der Waals surface area contributed by atoms with Crippen LogP contribution in [-0.2, 0) is 0 Å². The summed E-state index contributed by atoms with van der Waals surface area (Å²) in [4.78, 5) is 4.74. The highest BCUT2D eigenvalue weighted by Crippen LogP contribution is 2.48. The third-order valence-electron chi connectivity index (χ3n) is 14.2. The normalized spacial score (nSPS) is 11.7.